The molecule has 2 aromatic rings. The Morgan fingerprint density at radius 1 is 1.50 bits per heavy atom. The summed E-state index contributed by atoms with van der Waals surface area (Å²) in [6.07, 6.45) is 2.34. The normalized spacial score (nSPS) is 19.3. The molecule has 0 saturated carbocycles. The molecule has 6 heteroatoms. The zero-order valence-electron chi connectivity index (χ0n) is 9.48. The average molecular weight is 311 g/mol. The van der Waals surface area contributed by atoms with Crippen molar-refractivity contribution < 1.29 is 9.47 Å². The number of hydrogen-bond donors (Lipinski definition) is 1. The topological polar surface area (TPSA) is 64.2 Å². The minimum absolute atomic E-state index is 0.0701. The van der Waals surface area contributed by atoms with Gasteiger partial charge in [0.2, 0.25) is 0 Å². The molecule has 1 aromatic carbocycles. The molecule has 1 aliphatic rings. The molecule has 0 spiro atoms. The first-order valence-corrected chi connectivity index (χ1v) is 6.44. The Morgan fingerprint density at radius 3 is 3.17 bits per heavy atom. The van der Waals surface area contributed by atoms with Crippen molar-refractivity contribution in [2.45, 2.75) is 12.5 Å². The van der Waals surface area contributed by atoms with Crippen molar-refractivity contribution in [2.24, 2.45) is 0 Å². The van der Waals surface area contributed by atoms with Crippen molar-refractivity contribution in [3.63, 3.8) is 0 Å². The maximum absolute atomic E-state index is 11.6. The highest BCUT2D eigenvalue weighted by Crippen LogP contribution is 2.30. The van der Waals surface area contributed by atoms with E-state index in [-0.39, 0.29) is 11.7 Å². The van der Waals surface area contributed by atoms with E-state index in [0.717, 1.165) is 17.5 Å². The molecule has 0 radical (unpaired) electrons. The Hall–Kier alpha value is -1.40. The van der Waals surface area contributed by atoms with E-state index in [9.17, 15) is 4.79 Å². The van der Waals surface area contributed by atoms with Crippen molar-refractivity contribution in [3.8, 4) is 5.75 Å². The fourth-order valence-electron chi connectivity index (χ4n) is 1.95. The summed E-state index contributed by atoms with van der Waals surface area (Å²) < 4.78 is 11.8. The number of benzene rings is 1. The van der Waals surface area contributed by atoms with Gasteiger partial charge in [-0.05, 0) is 22.0 Å². The van der Waals surface area contributed by atoms with Gasteiger partial charge in [0, 0.05) is 12.5 Å². The van der Waals surface area contributed by atoms with Gasteiger partial charge < -0.3 is 14.5 Å². The Labute approximate surface area is 111 Å². The molecule has 0 amide bonds. The number of hydrogen-bond acceptors (Lipinski definition) is 4. The van der Waals surface area contributed by atoms with Crippen molar-refractivity contribution in [1.82, 2.24) is 9.97 Å². The third-order valence-corrected chi connectivity index (χ3v) is 3.50. The fourth-order valence-corrected chi connectivity index (χ4v) is 2.38. The van der Waals surface area contributed by atoms with Gasteiger partial charge in [-0.3, -0.25) is 4.79 Å². The van der Waals surface area contributed by atoms with E-state index in [2.05, 4.69) is 25.9 Å². The molecular formula is C12H11BrN2O3. The van der Waals surface area contributed by atoms with E-state index in [1.54, 1.807) is 12.1 Å². The monoisotopic (exact) mass is 310 g/mol. The van der Waals surface area contributed by atoms with Gasteiger partial charge in [-0.2, -0.15) is 0 Å². The second kappa shape index (κ2) is 4.70. The van der Waals surface area contributed by atoms with Gasteiger partial charge in [0.15, 0.2) is 0 Å². The summed E-state index contributed by atoms with van der Waals surface area (Å²) in [6, 6.07) is 3.50. The molecule has 1 saturated heterocycles. The van der Waals surface area contributed by atoms with Gasteiger partial charge in [-0.15, -0.1) is 0 Å². The minimum atomic E-state index is -0.156. The van der Waals surface area contributed by atoms with Gasteiger partial charge >= 0.3 is 0 Å². The lowest BCUT2D eigenvalue weighted by molar-refractivity contribution is 0.141. The molecule has 5 nitrogen and oxygen atoms in total. The van der Waals surface area contributed by atoms with Crippen LogP contribution in [0.2, 0.25) is 0 Å². The van der Waals surface area contributed by atoms with Gasteiger partial charge in [-0.1, -0.05) is 0 Å². The Balaban J connectivity index is 2.02. The summed E-state index contributed by atoms with van der Waals surface area (Å²) in [5, 5.41) is 0.541. The lowest BCUT2D eigenvalue weighted by Crippen LogP contribution is -2.16. The highest BCUT2D eigenvalue weighted by atomic mass is 79.9. The summed E-state index contributed by atoms with van der Waals surface area (Å²) in [5.41, 5.74) is 0.465. The third kappa shape index (κ3) is 2.13. The predicted octanol–water partition coefficient (Wildman–Crippen LogP) is 1.85. The highest BCUT2D eigenvalue weighted by Gasteiger charge is 2.19. The summed E-state index contributed by atoms with van der Waals surface area (Å²) in [4.78, 5) is 18.3. The van der Waals surface area contributed by atoms with E-state index < -0.39 is 0 Å². The minimum Gasteiger partial charge on any atom is -0.487 e. The standard InChI is InChI=1S/C12H11BrN2O3/c13-9-3-8-10(14-6-15-12(8)16)4-11(9)18-7-1-2-17-5-7/h3-4,6-7H,1-2,5H2,(H,14,15,16). The van der Waals surface area contributed by atoms with Crippen LogP contribution in [0.25, 0.3) is 10.9 Å². The molecule has 0 aliphatic carbocycles. The first-order chi connectivity index (χ1) is 8.74. The lowest BCUT2D eigenvalue weighted by atomic mass is 10.2. The van der Waals surface area contributed by atoms with Crippen molar-refractivity contribution in [1.29, 1.82) is 0 Å². The molecule has 1 fully saturated rings. The van der Waals surface area contributed by atoms with Crippen molar-refractivity contribution in [2.75, 3.05) is 13.2 Å². The van der Waals surface area contributed by atoms with Crippen molar-refractivity contribution in [3.05, 3.63) is 33.3 Å². The molecule has 1 aliphatic heterocycles. The van der Waals surface area contributed by atoms with Crippen molar-refractivity contribution >= 4 is 26.8 Å². The number of nitrogens with zero attached hydrogens (tertiary/aromatic N) is 1. The lowest BCUT2D eigenvalue weighted by Gasteiger charge is -2.13. The van der Waals surface area contributed by atoms with Crippen LogP contribution in [0, 0.1) is 0 Å². The molecule has 1 unspecified atom stereocenters. The Bertz CT molecular complexity index is 635. The number of nitrogens with one attached hydrogen (secondary N) is 1. The first kappa shape index (κ1) is 11.7. The molecule has 1 atom stereocenters. The van der Waals surface area contributed by atoms with Crippen LogP contribution in [0.1, 0.15) is 6.42 Å². The van der Waals surface area contributed by atoms with Crippen LogP contribution in [0.15, 0.2) is 27.7 Å². The fraction of sp³-hybridized carbons (Fsp3) is 0.333. The summed E-state index contributed by atoms with van der Waals surface area (Å²) >= 11 is 3.41. The molecular weight excluding hydrogens is 300 g/mol. The maximum atomic E-state index is 11.6. The van der Waals surface area contributed by atoms with Crippen LogP contribution in [0.4, 0.5) is 0 Å². The smallest absolute Gasteiger partial charge is 0.258 e. The predicted molar refractivity (Wildman–Crippen MR) is 69.9 cm³/mol. The van der Waals surface area contributed by atoms with Crippen LogP contribution in [-0.2, 0) is 4.74 Å². The van der Waals surface area contributed by atoms with E-state index >= 15 is 0 Å². The average Bonchev–Trinajstić information content (AvgIpc) is 2.84. The van der Waals surface area contributed by atoms with Crippen LogP contribution in [0.5, 0.6) is 5.75 Å². The second-order valence-corrected chi connectivity index (χ2v) is 4.99. The molecule has 1 N–H and O–H groups in total. The molecule has 1 aromatic heterocycles. The number of aromatic amines is 1. The van der Waals surface area contributed by atoms with Gasteiger partial charge in [-0.25, -0.2) is 4.98 Å². The van der Waals surface area contributed by atoms with E-state index in [0.29, 0.717) is 23.3 Å². The molecule has 3 rings (SSSR count). The van der Waals surface area contributed by atoms with Gasteiger partial charge in [0.1, 0.15) is 11.9 Å². The zero-order chi connectivity index (χ0) is 12.5. The number of rotatable bonds is 2. The SMILES string of the molecule is O=c1[nH]cnc2cc(OC3CCOC3)c(Br)cc12. The Morgan fingerprint density at radius 2 is 2.39 bits per heavy atom. The summed E-state index contributed by atoms with van der Waals surface area (Å²) in [6.45, 7) is 1.33. The largest absolute Gasteiger partial charge is 0.487 e. The van der Waals surface area contributed by atoms with Crippen LogP contribution >= 0.6 is 15.9 Å². The maximum Gasteiger partial charge on any atom is 0.258 e. The molecule has 18 heavy (non-hydrogen) atoms. The highest BCUT2D eigenvalue weighted by molar-refractivity contribution is 9.10. The van der Waals surface area contributed by atoms with E-state index in [1.165, 1.54) is 6.33 Å². The van der Waals surface area contributed by atoms with Gasteiger partial charge in [0.05, 0.1) is 34.9 Å². The number of H-pyrrole nitrogens is 1. The molecule has 94 valence electrons. The summed E-state index contributed by atoms with van der Waals surface area (Å²) in [5.74, 6) is 0.691. The van der Waals surface area contributed by atoms with Crippen LogP contribution < -0.4 is 10.3 Å². The molecule has 2 heterocycles. The number of halogens is 1. The third-order valence-electron chi connectivity index (χ3n) is 2.88. The number of ether oxygens (including phenoxy) is 2. The van der Waals surface area contributed by atoms with Crippen LogP contribution in [-0.4, -0.2) is 29.3 Å². The molecule has 0 bridgehead atoms. The first-order valence-electron chi connectivity index (χ1n) is 5.65. The van der Waals surface area contributed by atoms with E-state index in [4.69, 9.17) is 9.47 Å². The van der Waals surface area contributed by atoms with Crippen LogP contribution in [0.3, 0.4) is 0 Å². The second-order valence-electron chi connectivity index (χ2n) is 4.13. The number of fused-ring (bicyclic) bond motifs is 1. The number of aromatic nitrogens is 2. The van der Waals surface area contributed by atoms with Gasteiger partial charge in [0.25, 0.3) is 5.56 Å². The summed E-state index contributed by atoms with van der Waals surface area (Å²) in [7, 11) is 0. The quantitative estimate of drug-likeness (QED) is 0.919. The zero-order valence-corrected chi connectivity index (χ0v) is 11.1. The van der Waals surface area contributed by atoms with E-state index in [1.807, 2.05) is 0 Å². The Kier molecular flexibility index (Phi) is 3.05.